The third kappa shape index (κ3) is 4.00. The minimum absolute atomic E-state index is 0.0967. The van der Waals surface area contributed by atoms with E-state index < -0.39 is 5.97 Å². The van der Waals surface area contributed by atoms with Gasteiger partial charge in [-0.3, -0.25) is 4.79 Å². The largest absolute Gasteiger partial charge is 0.452 e. The van der Waals surface area contributed by atoms with Crippen LogP contribution in [0.4, 0.5) is 0 Å². The van der Waals surface area contributed by atoms with E-state index in [0.29, 0.717) is 11.3 Å². The molecule has 0 aliphatic heterocycles. The van der Waals surface area contributed by atoms with Crippen LogP contribution in [0, 0.1) is 6.92 Å². The van der Waals surface area contributed by atoms with Crippen LogP contribution in [0.5, 0.6) is 0 Å². The number of benzene rings is 2. The maximum atomic E-state index is 12.3. The standard InChI is InChI=1S/C19H17N3O3S/c1-13-18(21-22(20-13)15-6-4-3-5-7-15)19(24)25-12-17(23)14-8-10-16(26-2)11-9-14/h3-11H,12H2,1-2H3. The Morgan fingerprint density at radius 3 is 2.38 bits per heavy atom. The summed E-state index contributed by atoms with van der Waals surface area (Å²) in [6.07, 6.45) is 1.96. The number of esters is 1. The van der Waals surface area contributed by atoms with Gasteiger partial charge in [0.1, 0.15) is 0 Å². The molecule has 0 saturated carbocycles. The molecular formula is C19H17N3O3S. The Labute approximate surface area is 155 Å². The first-order valence-electron chi connectivity index (χ1n) is 7.92. The van der Waals surface area contributed by atoms with Crippen LogP contribution in [0.3, 0.4) is 0 Å². The highest BCUT2D eigenvalue weighted by atomic mass is 32.2. The number of carbonyl (C=O) groups excluding carboxylic acids is 2. The summed E-state index contributed by atoms with van der Waals surface area (Å²) in [4.78, 5) is 26.9. The highest BCUT2D eigenvalue weighted by Gasteiger charge is 2.19. The zero-order chi connectivity index (χ0) is 18.5. The van der Waals surface area contributed by atoms with Crippen molar-refractivity contribution in [2.24, 2.45) is 0 Å². The molecular weight excluding hydrogens is 350 g/mol. The second-order valence-electron chi connectivity index (χ2n) is 5.49. The van der Waals surface area contributed by atoms with Crippen LogP contribution in [0.25, 0.3) is 5.69 Å². The molecule has 0 unspecified atom stereocenters. The second-order valence-corrected chi connectivity index (χ2v) is 6.37. The number of hydrogen-bond donors (Lipinski definition) is 0. The van der Waals surface area contributed by atoms with Crippen molar-refractivity contribution in [1.29, 1.82) is 0 Å². The molecule has 132 valence electrons. The van der Waals surface area contributed by atoms with E-state index in [9.17, 15) is 9.59 Å². The van der Waals surface area contributed by atoms with Gasteiger partial charge in [0.25, 0.3) is 0 Å². The number of ether oxygens (including phenoxy) is 1. The van der Waals surface area contributed by atoms with E-state index in [4.69, 9.17) is 4.74 Å². The highest BCUT2D eigenvalue weighted by Crippen LogP contribution is 2.15. The Kier molecular flexibility index (Phi) is 5.48. The fraction of sp³-hybridized carbons (Fsp3) is 0.158. The summed E-state index contributed by atoms with van der Waals surface area (Å²) >= 11 is 1.59. The molecule has 7 heteroatoms. The number of thioether (sulfide) groups is 1. The van der Waals surface area contributed by atoms with Crippen molar-refractivity contribution in [3.8, 4) is 5.69 Å². The summed E-state index contributed by atoms with van der Waals surface area (Å²) in [5, 5.41) is 8.39. The van der Waals surface area contributed by atoms with Crippen molar-refractivity contribution in [3.63, 3.8) is 0 Å². The van der Waals surface area contributed by atoms with Crippen molar-refractivity contribution in [3.05, 3.63) is 71.5 Å². The molecule has 2 aromatic carbocycles. The Morgan fingerprint density at radius 1 is 1.04 bits per heavy atom. The molecule has 0 bridgehead atoms. The number of rotatable bonds is 6. The molecule has 0 saturated heterocycles. The summed E-state index contributed by atoms with van der Waals surface area (Å²) in [6.45, 7) is 1.33. The van der Waals surface area contributed by atoms with Gasteiger partial charge in [-0.1, -0.05) is 30.3 Å². The quantitative estimate of drug-likeness (QED) is 0.378. The molecule has 0 spiro atoms. The molecule has 0 fully saturated rings. The van der Waals surface area contributed by atoms with E-state index in [1.807, 2.05) is 48.7 Å². The number of ketones is 1. The molecule has 3 aromatic rings. The average Bonchev–Trinajstić information content (AvgIpc) is 3.08. The smallest absolute Gasteiger partial charge is 0.361 e. The van der Waals surface area contributed by atoms with Crippen LogP contribution in [0.15, 0.2) is 59.5 Å². The Bertz CT molecular complexity index is 921. The predicted molar refractivity (Wildman–Crippen MR) is 98.9 cm³/mol. The van der Waals surface area contributed by atoms with Gasteiger partial charge in [0, 0.05) is 10.5 Å². The van der Waals surface area contributed by atoms with E-state index in [2.05, 4.69) is 10.2 Å². The van der Waals surface area contributed by atoms with Crippen molar-refractivity contribution < 1.29 is 14.3 Å². The first kappa shape index (κ1) is 17.9. The topological polar surface area (TPSA) is 74.1 Å². The Morgan fingerprint density at radius 2 is 1.73 bits per heavy atom. The third-order valence-corrected chi connectivity index (χ3v) is 4.45. The van der Waals surface area contributed by atoms with Gasteiger partial charge >= 0.3 is 5.97 Å². The fourth-order valence-electron chi connectivity index (χ4n) is 2.30. The number of carbonyl (C=O) groups is 2. The van der Waals surface area contributed by atoms with Gasteiger partial charge in [-0.25, -0.2) is 4.79 Å². The number of hydrogen-bond acceptors (Lipinski definition) is 6. The number of aryl methyl sites for hydroxylation is 1. The number of aromatic nitrogens is 3. The predicted octanol–water partition coefficient (Wildman–Crippen LogP) is 3.34. The lowest BCUT2D eigenvalue weighted by molar-refractivity contribution is 0.0467. The number of Topliss-reactive ketones (excluding diaryl/α,β-unsaturated/α-hetero) is 1. The minimum Gasteiger partial charge on any atom is -0.452 e. The lowest BCUT2D eigenvalue weighted by atomic mass is 10.1. The molecule has 1 heterocycles. The van der Waals surface area contributed by atoms with E-state index in [1.165, 1.54) is 4.80 Å². The molecule has 1 aromatic heterocycles. The maximum absolute atomic E-state index is 12.3. The van der Waals surface area contributed by atoms with Crippen LogP contribution in [-0.2, 0) is 4.74 Å². The lowest BCUT2D eigenvalue weighted by Gasteiger charge is -2.04. The first-order chi connectivity index (χ1) is 12.6. The zero-order valence-electron chi connectivity index (χ0n) is 14.4. The molecule has 3 rings (SSSR count). The third-order valence-electron chi connectivity index (χ3n) is 3.71. The van der Waals surface area contributed by atoms with E-state index in [-0.39, 0.29) is 18.1 Å². The van der Waals surface area contributed by atoms with E-state index in [1.54, 1.807) is 30.8 Å². The summed E-state index contributed by atoms with van der Waals surface area (Å²) in [7, 11) is 0. The summed E-state index contributed by atoms with van der Waals surface area (Å²) in [5.41, 5.74) is 1.77. The fourth-order valence-corrected chi connectivity index (χ4v) is 2.71. The van der Waals surface area contributed by atoms with E-state index in [0.717, 1.165) is 10.6 Å². The van der Waals surface area contributed by atoms with Gasteiger partial charge in [0.2, 0.25) is 0 Å². The monoisotopic (exact) mass is 367 g/mol. The minimum atomic E-state index is -0.668. The molecule has 0 N–H and O–H groups in total. The zero-order valence-corrected chi connectivity index (χ0v) is 15.2. The van der Waals surface area contributed by atoms with Crippen LogP contribution in [0.1, 0.15) is 26.5 Å². The molecule has 0 atom stereocenters. The number of nitrogens with zero attached hydrogens (tertiary/aromatic N) is 3. The average molecular weight is 367 g/mol. The van der Waals surface area contributed by atoms with Gasteiger partial charge in [-0.2, -0.15) is 9.90 Å². The summed E-state index contributed by atoms with van der Waals surface area (Å²) in [5.74, 6) is -0.933. The molecule has 0 amide bonds. The van der Waals surface area contributed by atoms with Crippen molar-refractivity contribution in [1.82, 2.24) is 15.0 Å². The van der Waals surface area contributed by atoms with Crippen LogP contribution >= 0.6 is 11.8 Å². The molecule has 0 aliphatic rings. The molecule has 0 radical (unpaired) electrons. The maximum Gasteiger partial charge on any atom is 0.361 e. The molecule has 6 nitrogen and oxygen atoms in total. The summed E-state index contributed by atoms with van der Waals surface area (Å²) in [6, 6.07) is 16.4. The summed E-state index contributed by atoms with van der Waals surface area (Å²) < 4.78 is 5.12. The van der Waals surface area contributed by atoms with Gasteiger partial charge in [0.05, 0.1) is 11.4 Å². The van der Waals surface area contributed by atoms with Gasteiger partial charge in [0.15, 0.2) is 18.1 Å². The molecule has 26 heavy (non-hydrogen) atoms. The van der Waals surface area contributed by atoms with Crippen LogP contribution in [0.2, 0.25) is 0 Å². The second kappa shape index (κ2) is 7.97. The highest BCUT2D eigenvalue weighted by molar-refractivity contribution is 7.98. The van der Waals surface area contributed by atoms with Crippen molar-refractivity contribution >= 4 is 23.5 Å². The lowest BCUT2D eigenvalue weighted by Crippen LogP contribution is -2.15. The normalized spacial score (nSPS) is 10.5. The Hall–Kier alpha value is -2.93. The SMILES string of the molecule is CSc1ccc(C(=O)COC(=O)c2nn(-c3ccccc3)nc2C)cc1. The first-order valence-corrected chi connectivity index (χ1v) is 9.14. The van der Waals surface area contributed by atoms with Crippen molar-refractivity contribution in [2.45, 2.75) is 11.8 Å². The van der Waals surface area contributed by atoms with Crippen molar-refractivity contribution in [2.75, 3.05) is 12.9 Å². The van der Waals surface area contributed by atoms with Gasteiger partial charge in [-0.15, -0.1) is 16.9 Å². The van der Waals surface area contributed by atoms with Crippen LogP contribution < -0.4 is 0 Å². The van der Waals surface area contributed by atoms with Gasteiger partial charge < -0.3 is 4.74 Å². The Balaban J connectivity index is 1.66. The van der Waals surface area contributed by atoms with Crippen LogP contribution in [-0.4, -0.2) is 39.6 Å². The van der Waals surface area contributed by atoms with Gasteiger partial charge in [-0.05, 0) is 37.4 Å². The van der Waals surface area contributed by atoms with E-state index >= 15 is 0 Å². The number of para-hydroxylation sites is 1. The molecule has 0 aliphatic carbocycles.